The maximum absolute atomic E-state index is 12.5. The van der Waals surface area contributed by atoms with E-state index in [2.05, 4.69) is 29.6 Å². The Morgan fingerprint density at radius 2 is 2.10 bits per heavy atom. The summed E-state index contributed by atoms with van der Waals surface area (Å²) in [6, 6.07) is 11.9. The van der Waals surface area contributed by atoms with Crippen LogP contribution in [0.25, 0.3) is 5.69 Å². The topological polar surface area (TPSA) is 72.1 Å². The molecule has 0 radical (unpaired) electrons. The van der Waals surface area contributed by atoms with Crippen molar-refractivity contribution in [3.63, 3.8) is 0 Å². The van der Waals surface area contributed by atoms with E-state index >= 15 is 0 Å². The van der Waals surface area contributed by atoms with Crippen LogP contribution in [0.4, 0.5) is 4.79 Å². The van der Waals surface area contributed by atoms with Crippen LogP contribution in [0.15, 0.2) is 53.2 Å². The van der Waals surface area contributed by atoms with Gasteiger partial charge in [0.05, 0.1) is 17.9 Å². The van der Waals surface area contributed by atoms with Gasteiger partial charge in [-0.2, -0.15) is 5.10 Å². The molecule has 4 rings (SSSR count). The predicted octanol–water partition coefficient (Wildman–Crippen LogP) is 4.33. The predicted molar refractivity (Wildman–Crippen MR) is 112 cm³/mol. The standard InChI is InChI=1S/C23H28N4O2/c1-16-11-19-20(12-23(2,3)13-21(19)29-16)26-22(28)24-10-9-17-14-25-27(15-17)18-7-5-4-6-8-18/h4-8,11,14-15,20H,9-10,12-13H2,1-3H3,(H2,24,26,28). The zero-order valence-corrected chi connectivity index (χ0v) is 17.2. The highest BCUT2D eigenvalue weighted by atomic mass is 16.3. The van der Waals surface area contributed by atoms with Crippen molar-refractivity contribution in [3.8, 4) is 5.69 Å². The van der Waals surface area contributed by atoms with Gasteiger partial charge in [-0.3, -0.25) is 0 Å². The monoisotopic (exact) mass is 392 g/mol. The van der Waals surface area contributed by atoms with Gasteiger partial charge in [-0.05, 0) is 48.9 Å². The highest BCUT2D eigenvalue weighted by molar-refractivity contribution is 5.74. The minimum Gasteiger partial charge on any atom is -0.466 e. The molecule has 1 aromatic carbocycles. The molecule has 3 aromatic rings. The van der Waals surface area contributed by atoms with Crippen molar-refractivity contribution < 1.29 is 9.21 Å². The molecule has 0 bridgehead atoms. The lowest BCUT2D eigenvalue weighted by Gasteiger charge is -2.34. The molecule has 1 atom stereocenters. The Morgan fingerprint density at radius 3 is 2.90 bits per heavy atom. The number of rotatable bonds is 5. The third-order valence-corrected chi connectivity index (χ3v) is 5.40. The first-order valence-electron chi connectivity index (χ1n) is 10.1. The fourth-order valence-corrected chi connectivity index (χ4v) is 4.05. The smallest absolute Gasteiger partial charge is 0.315 e. The number of fused-ring (bicyclic) bond motifs is 1. The van der Waals surface area contributed by atoms with Crippen molar-refractivity contribution in [1.82, 2.24) is 20.4 Å². The van der Waals surface area contributed by atoms with E-state index in [0.717, 1.165) is 47.6 Å². The number of aryl methyl sites for hydroxylation is 1. The van der Waals surface area contributed by atoms with Gasteiger partial charge >= 0.3 is 6.03 Å². The van der Waals surface area contributed by atoms with Crippen molar-refractivity contribution in [1.29, 1.82) is 0 Å². The molecule has 0 saturated heterocycles. The van der Waals surface area contributed by atoms with Gasteiger partial charge in [0.2, 0.25) is 0 Å². The third-order valence-electron chi connectivity index (χ3n) is 5.40. The van der Waals surface area contributed by atoms with Crippen LogP contribution in [0.2, 0.25) is 0 Å². The lowest BCUT2D eigenvalue weighted by Crippen LogP contribution is -2.42. The number of nitrogens with zero attached hydrogens (tertiary/aromatic N) is 2. The third kappa shape index (κ3) is 4.53. The van der Waals surface area contributed by atoms with Gasteiger partial charge in [-0.1, -0.05) is 32.0 Å². The Bertz CT molecular complexity index is 987. The first-order valence-corrected chi connectivity index (χ1v) is 10.1. The van der Waals surface area contributed by atoms with Crippen LogP contribution in [-0.4, -0.2) is 22.4 Å². The molecule has 1 unspecified atom stereocenters. The fourth-order valence-electron chi connectivity index (χ4n) is 4.05. The second-order valence-electron chi connectivity index (χ2n) is 8.61. The molecule has 2 aromatic heterocycles. The van der Waals surface area contributed by atoms with Crippen LogP contribution in [0.3, 0.4) is 0 Å². The Hall–Kier alpha value is -3.02. The highest BCUT2D eigenvalue weighted by Gasteiger charge is 2.35. The van der Waals surface area contributed by atoms with E-state index in [4.69, 9.17) is 4.42 Å². The van der Waals surface area contributed by atoms with Gasteiger partial charge in [0.1, 0.15) is 11.5 Å². The van der Waals surface area contributed by atoms with E-state index in [9.17, 15) is 4.79 Å². The molecule has 29 heavy (non-hydrogen) atoms. The van der Waals surface area contributed by atoms with E-state index < -0.39 is 0 Å². The number of nitrogens with one attached hydrogen (secondary N) is 2. The van der Waals surface area contributed by atoms with Gasteiger partial charge in [0.25, 0.3) is 0 Å². The minimum absolute atomic E-state index is 0.0213. The van der Waals surface area contributed by atoms with E-state index in [1.807, 2.05) is 60.4 Å². The van der Waals surface area contributed by atoms with Gasteiger partial charge in [-0.25, -0.2) is 9.48 Å². The van der Waals surface area contributed by atoms with E-state index in [0.29, 0.717) is 6.54 Å². The highest BCUT2D eigenvalue weighted by Crippen LogP contribution is 2.41. The van der Waals surface area contributed by atoms with Gasteiger partial charge < -0.3 is 15.1 Å². The van der Waals surface area contributed by atoms with E-state index in [1.165, 1.54) is 0 Å². The van der Waals surface area contributed by atoms with Crippen LogP contribution in [-0.2, 0) is 12.8 Å². The molecular weight excluding hydrogens is 364 g/mol. The summed E-state index contributed by atoms with van der Waals surface area (Å²) in [6.07, 6.45) is 6.37. The minimum atomic E-state index is -0.145. The van der Waals surface area contributed by atoms with Gasteiger partial charge in [-0.15, -0.1) is 0 Å². The quantitative estimate of drug-likeness (QED) is 0.679. The van der Waals surface area contributed by atoms with Crippen LogP contribution >= 0.6 is 0 Å². The number of para-hydroxylation sites is 1. The number of hydrogen-bond acceptors (Lipinski definition) is 3. The summed E-state index contributed by atoms with van der Waals surface area (Å²) in [5.41, 5.74) is 3.32. The Labute approximate surface area is 171 Å². The Morgan fingerprint density at radius 1 is 1.31 bits per heavy atom. The summed E-state index contributed by atoms with van der Waals surface area (Å²) in [6.45, 7) is 6.94. The lowest BCUT2D eigenvalue weighted by atomic mass is 9.75. The Kier molecular flexibility index (Phi) is 5.18. The molecule has 2 N–H and O–H groups in total. The maximum Gasteiger partial charge on any atom is 0.315 e. The maximum atomic E-state index is 12.5. The average Bonchev–Trinajstić information content (AvgIpc) is 3.28. The van der Waals surface area contributed by atoms with Crippen molar-refractivity contribution in [3.05, 3.63) is 71.4 Å². The van der Waals surface area contributed by atoms with E-state index in [-0.39, 0.29) is 17.5 Å². The number of hydrogen-bond donors (Lipinski definition) is 2. The average molecular weight is 393 g/mol. The van der Waals surface area contributed by atoms with Crippen LogP contribution in [0, 0.1) is 12.3 Å². The zero-order chi connectivity index (χ0) is 20.4. The van der Waals surface area contributed by atoms with Crippen molar-refractivity contribution >= 4 is 6.03 Å². The van der Waals surface area contributed by atoms with Gasteiger partial charge in [0, 0.05) is 24.7 Å². The van der Waals surface area contributed by atoms with E-state index in [1.54, 1.807) is 0 Å². The first kappa shape index (κ1) is 19.3. The number of benzene rings is 1. The first-order chi connectivity index (χ1) is 13.9. The molecule has 2 heterocycles. The van der Waals surface area contributed by atoms with Crippen LogP contribution in [0.5, 0.6) is 0 Å². The van der Waals surface area contributed by atoms with Gasteiger partial charge in [0.15, 0.2) is 0 Å². The number of amides is 2. The molecule has 6 nitrogen and oxygen atoms in total. The molecule has 0 saturated carbocycles. The summed E-state index contributed by atoms with van der Waals surface area (Å²) < 4.78 is 7.70. The lowest BCUT2D eigenvalue weighted by molar-refractivity contribution is 0.214. The summed E-state index contributed by atoms with van der Waals surface area (Å²) in [5.74, 6) is 1.90. The van der Waals surface area contributed by atoms with Crippen molar-refractivity contribution in [2.75, 3.05) is 6.54 Å². The molecule has 0 fully saturated rings. The van der Waals surface area contributed by atoms with Crippen LogP contribution in [0.1, 0.15) is 49.0 Å². The second kappa shape index (κ2) is 7.78. The Balaban J connectivity index is 1.31. The fraction of sp³-hybridized carbons (Fsp3) is 0.391. The van der Waals surface area contributed by atoms with Crippen molar-refractivity contribution in [2.24, 2.45) is 5.41 Å². The molecule has 0 aliphatic heterocycles. The summed E-state index contributed by atoms with van der Waals surface area (Å²) >= 11 is 0. The summed E-state index contributed by atoms with van der Waals surface area (Å²) in [5, 5.41) is 10.5. The molecule has 6 heteroatoms. The molecule has 2 amide bonds. The number of carbonyl (C=O) groups is 1. The molecular formula is C23H28N4O2. The number of aromatic nitrogens is 2. The SMILES string of the molecule is Cc1cc2c(o1)CC(C)(C)CC2NC(=O)NCCc1cnn(-c2ccccc2)c1. The van der Waals surface area contributed by atoms with Crippen molar-refractivity contribution in [2.45, 2.75) is 46.1 Å². The molecule has 0 spiro atoms. The normalized spacial score (nSPS) is 17.6. The van der Waals surface area contributed by atoms with Crippen LogP contribution < -0.4 is 10.6 Å². The summed E-state index contributed by atoms with van der Waals surface area (Å²) in [7, 11) is 0. The molecule has 1 aliphatic rings. The second-order valence-corrected chi connectivity index (χ2v) is 8.61. The summed E-state index contributed by atoms with van der Waals surface area (Å²) in [4.78, 5) is 12.5. The number of furan rings is 1. The molecule has 152 valence electrons. The number of urea groups is 1. The number of carbonyl (C=O) groups excluding carboxylic acids is 1. The molecule has 1 aliphatic carbocycles. The zero-order valence-electron chi connectivity index (χ0n) is 17.2. The largest absolute Gasteiger partial charge is 0.466 e.